The number of rotatable bonds is 6. The van der Waals surface area contributed by atoms with E-state index in [0.717, 1.165) is 42.6 Å². The molecule has 3 aromatic rings. The lowest BCUT2D eigenvalue weighted by Crippen LogP contribution is -2.25. The Balaban J connectivity index is 1.30. The molecule has 144 valence electrons. The standard InChI is InChI=1S/C24H27N3O/c1-18-22(17-27(26-18)23-11-3-2-4-12-23)10-7-15-25-24(28)21-14-13-19-8-5-6-9-20(19)16-21/h2-4,11-14,16-17H,5-10,15H2,1H3,(H,25,28). The molecule has 1 heterocycles. The third-order valence-electron chi connectivity index (χ3n) is 5.54. The number of fused-ring (bicyclic) bond motifs is 1. The fourth-order valence-corrected chi connectivity index (χ4v) is 3.91. The fraction of sp³-hybridized carbons (Fsp3) is 0.333. The predicted molar refractivity (Wildman–Crippen MR) is 112 cm³/mol. The zero-order valence-corrected chi connectivity index (χ0v) is 16.4. The molecule has 0 spiro atoms. The SMILES string of the molecule is Cc1nn(-c2ccccc2)cc1CCCNC(=O)c1ccc2c(c1)CCCC2. The second kappa shape index (κ2) is 8.42. The van der Waals surface area contributed by atoms with Crippen molar-refractivity contribution >= 4 is 5.91 Å². The number of aromatic nitrogens is 2. The Labute approximate surface area is 166 Å². The Morgan fingerprint density at radius 3 is 2.68 bits per heavy atom. The van der Waals surface area contributed by atoms with Gasteiger partial charge in [-0.05, 0) is 86.4 Å². The topological polar surface area (TPSA) is 46.9 Å². The van der Waals surface area contributed by atoms with E-state index in [1.54, 1.807) is 0 Å². The number of carbonyl (C=O) groups is 1. The van der Waals surface area contributed by atoms with Crippen LogP contribution in [0.4, 0.5) is 0 Å². The lowest BCUT2D eigenvalue weighted by atomic mass is 9.90. The molecular formula is C24H27N3O. The van der Waals surface area contributed by atoms with Crippen LogP contribution in [0, 0.1) is 6.92 Å². The molecule has 0 unspecified atom stereocenters. The number of nitrogens with zero attached hydrogens (tertiary/aromatic N) is 2. The van der Waals surface area contributed by atoms with Gasteiger partial charge in [-0.15, -0.1) is 0 Å². The molecule has 4 heteroatoms. The highest BCUT2D eigenvalue weighted by Gasteiger charge is 2.13. The number of amides is 1. The van der Waals surface area contributed by atoms with E-state index in [1.165, 1.54) is 29.5 Å². The first-order chi connectivity index (χ1) is 13.7. The van der Waals surface area contributed by atoms with Crippen LogP contribution in [0.15, 0.2) is 54.7 Å². The first kappa shape index (κ1) is 18.5. The monoisotopic (exact) mass is 373 g/mol. The minimum atomic E-state index is 0.0325. The van der Waals surface area contributed by atoms with Gasteiger partial charge in [0.25, 0.3) is 5.91 Å². The van der Waals surface area contributed by atoms with Gasteiger partial charge >= 0.3 is 0 Å². The third kappa shape index (κ3) is 4.16. The normalized spacial score (nSPS) is 13.2. The maximum absolute atomic E-state index is 12.5. The number of hydrogen-bond acceptors (Lipinski definition) is 2. The van der Waals surface area contributed by atoms with Gasteiger partial charge in [-0.3, -0.25) is 4.79 Å². The van der Waals surface area contributed by atoms with Crippen molar-refractivity contribution < 1.29 is 4.79 Å². The molecule has 1 aromatic heterocycles. The first-order valence-corrected chi connectivity index (χ1v) is 10.2. The van der Waals surface area contributed by atoms with Crippen molar-refractivity contribution in [3.05, 3.63) is 82.7 Å². The van der Waals surface area contributed by atoms with Crippen LogP contribution < -0.4 is 5.32 Å². The minimum absolute atomic E-state index is 0.0325. The van der Waals surface area contributed by atoms with Gasteiger partial charge in [0.15, 0.2) is 0 Å². The summed E-state index contributed by atoms with van der Waals surface area (Å²) >= 11 is 0. The lowest BCUT2D eigenvalue weighted by molar-refractivity contribution is 0.0953. The molecule has 4 rings (SSSR count). The van der Waals surface area contributed by atoms with Crippen LogP contribution in [0.3, 0.4) is 0 Å². The van der Waals surface area contributed by atoms with Crippen molar-refractivity contribution in [2.24, 2.45) is 0 Å². The highest BCUT2D eigenvalue weighted by molar-refractivity contribution is 5.94. The van der Waals surface area contributed by atoms with Crippen LogP contribution in [0.1, 0.15) is 52.0 Å². The van der Waals surface area contributed by atoms with E-state index in [0.29, 0.717) is 6.54 Å². The third-order valence-corrected chi connectivity index (χ3v) is 5.54. The summed E-state index contributed by atoms with van der Waals surface area (Å²) in [6.07, 6.45) is 8.64. The zero-order valence-electron chi connectivity index (χ0n) is 16.4. The molecular weight excluding hydrogens is 346 g/mol. The highest BCUT2D eigenvalue weighted by Crippen LogP contribution is 2.22. The summed E-state index contributed by atoms with van der Waals surface area (Å²) in [5.74, 6) is 0.0325. The Morgan fingerprint density at radius 2 is 1.86 bits per heavy atom. The summed E-state index contributed by atoms with van der Waals surface area (Å²) in [5, 5.41) is 7.68. The van der Waals surface area contributed by atoms with E-state index < -0.39 is 0 Å². The molecule has 1 aliphatic rings. The molecule has 0 saturated carbocycles. The van der Waals surface area contributed by atoms with Gasteiger partial charge in [0.2, 0.25) is 0 Å². The second-order valence-electron chi connectivity index (χ2n) is 7.57. The quantitative estimate of drug-likeness (QED) is 0.650. The van der Waals surface area contributed by atoms with Crippen LogP contribution in [-0.2, 0) is 19.3 Å². The summed E-state index contributed by atoms with van der Waals surface area (Å²) in [6, 6.07) is 16.3. The summed E-state index contributed by atoms with van der Waals surface area (Å²) in [5.41, 5.74) is 6.89. The van der Waals surface area contributed by atoms with Crippen LogP contribution in [0.5, 0.6) is 0 Å². The Bertz CT molecular complexity index is 959. The summed E-state index contributed by atoms with van der Waals surface area (Å²) in [6.45, 7) is 2.71. The minimum Gasteiger partial charge on any atom is -0.352 e. The van der Waals surface area contributed by atoms with Crippen LogP contribution in [0.2, 0.25) is 0 Å². The van der Waals surface area contributed by atoms with Gasteiger partial charge in [-0.1, -0.05) is 24.3 Å². The molecule has 4 nitrogen and oxygen atoms in total. The van der Waals surface area contributed by atoms with Crippen molar-refractivity contribution in [2.75, 3.05) is 6.54 Å². The van der Waals surface area contributed by atoms with Gasteiger partial charge in [0.05, 0.1) is 11.4 Å². The summed E-state index contributed by atoms with van der Waals surface area (Å²) < 4.78 is 1.93. The zero-order chi connectivity index (χ0) is 19.3. The Hall–Kier alpha value is -2.88. The number of aryl methyl sites for hydroxylation is 4. The first-order valence-electron chi connectivity index (χ1n) is 10.2. The van der Waals surface area contributed by atoms with Gasteiger partial charge in [0.1, 0.15) is 0 Å². The molecule has 0 aliphatic heterocycles. The molecule has 0 saturated heterocycles. The summed E-state index contributed by atoms with van der Waals surface area (Å²) in [4.78, 5) is 12.5. The van der Waals surface area contributed by atoms with Crippen molar-refractivity contribution in [3.63, 3.8) is 0 Å². The molecule has 1 amide bonds. The molecule has 28 heavy (non-hydrogen) atoms. The Morgan fingerprint density at radius 1 is 1.07 bits per heavy atom. The highest BCUT2D eigenvalue weighted by atomic mass is 16.1. The van der Waals surface area contributed by atoms with Crippen LogP contribution in [0.25, 0.3) is 5.69 Å². The Kier molecular flexibility index (Phi) is 5.56. The van der Waals surface area contributed by atoms with E-state index in [9.17, 15) is 4.79 Å². The smallest absolute Gasteiger partial charge is 0.251 e. The van der Waals surface area contributed by atoms with E-state index in [4.69, 9.17) is 0 Å². The van der Waals surface area contributed by atoms with Gasteiger partial charge in [-0.2, -0.15) is 5.10 Å². The average Bonchev–Trinajstić information content (AvgIpc) is 3.12. The summed E-state index contributed by atoms with van der Waals surface area (Å²) in [7, 11) is 0. The van der Waals surface area contributed by atoms with Gasteiger partial charge in [-0.25, -0.2) is 4.68 Å². The number of nitrogens with one attached hydrogen (secondary N) is 1. The molecule has 2 aromatic carbocycles. The maximum atomic E-state index is 12.5. The molecule has 1 aliphatic carbocycles. The second-order valence-corrected chi connectivity index (χ2v) is 7.57. The van der Waals surface area contributed by atoms with Crippen molar-refractivity contribution in [1.29, 1.82) is 0 Å². The molecule has 0 atom stereocenters. The molecule has 1 N–H and O–H groups in total. The van der Waals surface area contributed by atoms with Crippen molar-refractivity contribution in [2.45, 2.75) is 45.4 Å². The van der Waals surface area contributed by atoms with Gasteiger partial charge < -0.3 is 5.32 Å². The lowest BCUT2D eigenvalue weighted by Gasteiger charge is -2.16. The largest absolute Gasteiger partial charge is 0.352 e. The van der Waals surface area contributed by atoms with E-state index in [1.807, 2.05) is 35.9 Å². The number of carbonyl (C=O) groups excluding carboxylic acids is 1. The molecule has 0 fully saturated rings. The van der Waals surface area contributed by atoms with E-state index >= 15 is 0 Å². The van der Waals surface area contributed by atoms with E-state index in [2.05, 4.69) is 40.9 Å². The van der Waals surface area contributed by atoms with Gasteiger partial charge in [0, 0.05) is 18.3 Å². The molecule has 0 radical (unpaired) electrons. The van der Waals surface area contributed by atoms with Crippen LogP contribution in [-0.4, -0.2) is 22.2 Å². The average molecular weight is 374 g/mol. The van der Waals surface area contributed by atoms with Crippen molar-refractivity contribution in [3.8, 4) is 5.69 Å². The number of hydrogen-bond donors (Lipinski definition) is 1. The maximum Gasteiger partial charge on any atom is 0.251 e. The number of benzene rings is 2. The van der Waals surface area contributed by atoms with E-state index in [-0.39, 0.29) is 5.91 Å². The van der Waals surface area contributed by atoms with Crippen molar-refractivity contribution in [1.82, 2.24) is 15.1 Å². The fourth-order valence-electron chi connectivity index (χ4n) is 3.91. The molecule has 0 bridgehead atoms. The van der Waals surface area contributed by atoms with Crippen LogP contribution >= 0.6 is 0 Å². The predicted octanol–water partition coefficient (Wildman–Crippen LogP) is 4.42. The number of para-hydroxylation sites is 1.